The molecule has 2 N–H and O–H groups in total. The van der Waals surface area contributed by atoms with Crippen LogP contribution < -0.4 is 9.16 Å². The first kappa shape index (κ1) is 19.9. The van der Waals surface area contributed by atoms with Gasteiger partial charge in [0.2, 0.25) is 0 Å². The quantitative estimate of drug-likeness (QED) is 0.463. The zero-order valence-electron chi connectivity index (χ0n) is 16.0. The van der Waals surface area contributed by atoms with E-state index in [9.17, 15) is 10.2 Å². The van der Waals surface area contributed by atoms with Crippen molar-refractivity contribution in [2.45, 2.75) is 38.9 Å². The van der Waals surface area contributed by atoms with Crippen LogP contribution in [0.3, 0.4) is 0 Å². The van der Waals surface area contributed by atoms with Gasteiger partial charge in [-0.3, -0.25) is 0 Å². The summed E-state index contributed by atoms with van der Waals surface area (Å²) in [6, 6.07) is 13.5. The van der Waals surface area contributed by atoms with Gasteiger partial charge >= 0.3 is 0 Å². The number of benzene rings is 2. The van der Waals surface area contributed by atoms with E-state index in [0.717, 1.165) is 35.2 Å². The molecule has 0 amide bonds. The largest absolute Gasteiger partial charge is 0.543 e. The second-order valence-electron chi connectivity index (χ2n) is 6.33. The lowest BCUT2D eigenvalue weighted by molar-refractivity contribution is 0.410. The van der Waals surface area contributed by atoms with Gasteiger partial charge in [-0.05, 0) is 54.0 Å². The Bertz CT molecular complexity index is 738. The summed E-state index contributed by atoms with van der Waals surface area (Å²) >= 11 is 0. The SMILES string of the molecule is CC[Si](CC)(CC)Oc1cccc(OC)c1/C=C/c1cc(O)cc(O)c1. The number of ether oxygens (including phenoxy) is 1. The van der Waals surface area contributed by atoms with Crippen molar-refractivity contribution in [1.82, 2.24) is 0 Å². The molecule has 0 radical (unpaired) electrons. The highest BCUT2D eigenvalue weighted by atomic mass is 28.4. The summed E-state index contributed by atoms with van der Waals surface area (Å²) in [6.45, 7) is 6.60. The van der Waals surface area contributed by atoms with E-state index in [2.05, 4.69) is 20.8 Å². The van der Waals surface area contributed by atoms with Crippen LogP contribution in [0.5, 0.6) is 23.0 Å². The van der Waals surface area contributed by atoms with Crippen molar-refractivity contribution in [2.24, 2.45) is 0 Å². The van der Waals surface area contributed by atoms with Crippen molar-refractivity contribution in [2.75, 3.05) is 7.11 Å². The molecule has 0 saturated heterocycles. The van der Waals surface area contributed by atoms with E-state index in [4.69, 9.17) is 9.16 Å². The average molecular weight is 373 g/mol. The molecule has 0 fully saturated rings. The molecule has 0 heterocycles. The Balaban J connectivity index is 2.44. The molecule has 0 aliphatic heterocycles. The molecule has 0 atom stereocenters. The molecule has 0 unspecified atom stereocenters. The minimum absolute atomic E-state index is 0.0236. The van der Waals surface area contributed by atoms with Crippen LogP contribution in [-0.4, -0.2) is 25.6 Å². The second-order valence-corrected chi connectivity index (χ2v) is 11.0. The lowest BCUT2D eigenvalue weighted by Gasteiger charge is -2.30. The van der Waals surface area contributed by atoms with E-state index in [-0.39, 0.29) is 11.5 Å². The van der Waals surface area contributed by atoms with Crippen molar-refractivity contribution in [3.63, 3.8) is 0 Å². The molecule has 2 aromatic carbocycles. The molecule has 5 heteroatoms. The van der Waals surface area contributed by atoms with Crippen LogP contribution in [0.1, 0.15) is 31.9 Å². The number of aromatic hydroxyl groups is 2. The van der Waals surface area contributed by atoms with Crippen LogP contribution in [0.4, 0.5) is 0 Å². The minimum atomic E-state index is -1.82. The summed E-state index contributed by atoms with van der Waals surface area (Å²) in [6.07, 6.45) is 3.74. The van der Waals surface area contributed by atoms with E-state index in [1.54, 1.807) is 19.2 Å². The number of phenols is 2. The molecule has 0 bridgehead atoms. The van der Waals surface area contributed by atoms with Crippen LogP contribution in [0.25, 0.3) is 12.2 Å². The van der Waals surface area contributed by atoms with Gasteiger partial charge in [0.1, 0.15) is 23.0 Å². The maximum atomic E-state index is 9.66. The van der Waals surface area contributed by atoms with Crippen molar-refractivity contribution in [1.29, 1.82) is 0 Å². The fourth-order valence-electron chi connectivity index (χ4n) is 3.05. The lowest BCUT2D eigenvalue weighted by Crippen LogP contribution is -2.39. The second kappa shape index (κ2) is 8.81. The smallest absolute Gasteiger partial charge is 0.250 e. The van der Waals surface area contributed by atoms with Gasteiger partial charge in [-0.1, -0.05) is 32.9 Å². The van der Waals surface area contributed by atoms with Crippen molar-refractivity contribution in [3.05, 3.63) is 47.5 Å². The molecule has 0 aliphatic carbocycles. The Morgan fingerprint density at radius 2 is 1.46 bits per heavy atom. The van der Waals surface area contributed by atoms with Crippen LogP contribution in [0.2, 0.25) is 18.1 Å². The Kier molecular flexibility index (Phi) is 6.74. The Morgan fingerprint density at radius 1 is 0.885 bits per heavy atom. The van der Waals surface area contributed by atoms with Gasteiger partial charge in [0.05, 0.1) is 12.7 Å². The third kappa shape index (κ3) is 4.61. The summed E-state index contributed by atoms with van der Waals surface area (Å²) in [5, 5.41) is 19.3. The monoisotopic (exact) mass is 372 g/mol. The zero-order valence-corrected chi connectivity index (χ0v) is 17.0. The highest BCUT2D eigenvalue weighted by Crippen LogP contribution is 2.35. The first-order valence-corrected chi connectivity index (χ1v) is 11.6. The average Bonchev–Trinajstić information content (AvgIpc) is 2.64. The van der Waals surface area contributed by atoms with Gasteiger partial charge in [-0.15, -0.1) is 0 Å². The van der Waals surface area contributed by atoms with E-state index < -0.39 is 8.32 Å². The van der Waals surface area contributed by atoms with Crippen molar-refractivity contribution >= 4 is 20.5 Å². The maximum absolute atomic E-state index is 9.66. The van der Waals surface area contributed by atoms with Crippen LogP contribution in [0.15, 0.2) is 36.4 Å². The van der Waals surface area contributed by atoms with Crippen molar-refractivity contribution < 1.29 is 19.4 Å². The fourth-order valence-corrected chi connectivity index (χ4v) is 5.63. The first-order chi connectivity index (χ1) is 12.5. The third-order valence-electron chi connectivity index (χ3n) is 4.87. The number of hydrogen-bond acceptors (Lipinski definition) is 4. The molecule has 0 spiro atoms. The number of rotatable bonds is 8. The molecule has 26 heavy (non-hydrogen) atoms. The van der Waals surface area contributed by atoms with Gasteiger partial charge in [-0.25, -0.2) is 0 Å². The van der Waals surface area contributed by atoms with E-state index >= 15 is 0 Å². The van der Waals surface area contributed by atoms with E-state index in [1.807, 2.05) is 30.4 Å². The number of phenolic OH excluding ortho intramolecular Hbond substituents is 2. The molecule has 0 aliphatic rings. The standard InChI is InChI=1S/C21H28O4Si/c1-5-26(6-2,7-3)25-21-10-8-9-20(24-4)19(21)12-11-16-13-17(22)15-18(23)14-16/h8-15,22-23H,5-7H2,1-4H3/b12-11+. The van der Waals surface area contributed by atoms with Gasteiger partial charge in [0, 0.05) is 6.07 Å². The molecule has 2 rings (SSSR count). The summed E-state index contributed by atoms with van der Waals surface area (Å²) < 4.78 is 12.1. The first-order valence-electron chi connectivity index (χ1n) is 9.04. The topological polar surface area (TPSA) is 58.9 Å². The predicted molar refractivity (Wildman–Crippen MR) is 110 cm³/mol. The van der Waals surface area contributed by atoms with E-state index in [0.29, 0.717) is 5.56 Å². The van der Waals surface area contributed by atoms with Gasteiger partial charge < -0.3 is 19.4 Å². The van der Waals surface area contributed by atoms with E-state index in [1.165, 1.54) is 6.07 Å². The molecule has 2 aromatic rings. The summed E-state index contributed by atoms with van der Waals surface area (Å²) in [7, 11) is -0.181. The molecule has 140 valence electrons. The van der Waals surface area contributed by atoms with Gasteiger partial charge in [0.15, 0.2) is 0 Å². The van der Waals surface area contributed by atoms with Crippen LogP contribution in [-0.2, 0) is 0 Å². The molecular weight excluding hydrogens is 344 g/mol. The fraction of sp³-hybridized carbons (Fsp3) is 0.333. The minimum Gasteiger partial charge on any atom is -0.543 e. The Hall–Kier alpha value is -2.40. The summed E-state index contributed by atoms with van der Waals surface area (Å²) in [4.78, 5) is 0. The molecule has 0 aromatic heterocycles. The third-order valence-corrected chi connectivity index (χ3v) is 9.39. The summed E-state index contributed by atoms with van der Waals surface area (Å²) in [5.74, 6) is 1.60. The van der Waals surface area contributed by atoms with Crippen molar-refractivity contribution in [3.8, 4) is 23.0 Å². The maximum Gasteiger partial charge on any atom is 0.250 e. The van der Waals surface area contributed by atoms with Crippen LogP contribution in [0, 0.1) is 0 Å². The Morgan fingerprint density at radius 3 is 2.00 bits per heavy atom. The number of hydrogen-bond donors (Lipinski definition) is 2. The highest BCUT2D eigenvalue weighted by Gasteiger charge is 2.31. The summed E-state index contributed by atoms with van der Waals surface area (Å²) in [5.41, 5.74) is 1.56. The highest BCUT2D eigenvalue weighted by molar-refractivity contribution is 6.74. The predicted octanol–water partition coefficient (Wildman–Crippen LogP) is 5.66. The van der Waals surface area contributed by atoms with Gasteiger partial charge in [-0.2, -0.15) is 0 Å². The zero-order chi connectivity index (χ0) is 19.2. The van der Waals surface area contributed by atoms with Gasteiger partial charge in [0.25, 0.3) is 8.32 Å². The normalized spacial score (nSPS) is 11.7. The molecular formula is C21H28O4Si. The Labute approximate surface area is 156 Å². The lowest BCUT2D eigenvalue weighted by atomic mass is 10.1. The number of methoxy groups -OCH3 is 1. The van der Waals surface area contributed by atoms with Crippen LogP contribution >= 0.6 is 0 Å². The molecule has 0 saturated carbocycles. The molecule has 4 nitrogen and oxygen atoms in total.